The summed E-state index contributed by atoms with van der Waals surface area (Å²) in [5, 5.41) is 2.53. The highest BCUT2D eigenvalue weighted by molar-refractivity contribution is 6.01. The number of hydrogen-bond donors (Lipinski definition) is 0. The van der Waals surface area contributed by atoms with Gasteiger partial charge in [-0.3, -0.25) is 0 Å². The lowest BCUT2D eigenvalue weighted by Gasteiger charge is -2.33. The normalized spacial score (nSPS) is 15.6. The van der Waals surface area contributed by atoms with Crippen molar-refractivity contribution >= 4 is 27.8 Å². The average molecular weight is 848 g/mol. The van der Waals surface area contributed by atoms with Crippen LogP contribution in [0.2, 0.25) is 0 Å². The molecule has 0 radical (unpaired) electrons. The molecule has 0 amide bonds. The molecular formula is C66H41N. The lowest BCUT2D eigenvalue weighted by molar-refractivity contribution is 0.793. The van der Waals surface area contributed by atoms with Gasteiger partial charge in [0.2, 0.25) is 0 Å². The highest BCUT2D eigenvalue weighted by Gasteiger charge is 2.53. The number of anilines is 3. The van der Waals surface area contributed by atoms with E-state index in [9.17, 15) is 0 Å². The van der Waals surface area contributed by atoms with Gasteiger partial charge in [-0.1, -0.05) is 200 Å². The van der Waals surface area contributed by atoms with Gasteiger partial charge < -0.3 is 4.90 Å². The summed E-state index contributed by atoms with van der Waals surface area (Å²) in [5.74, 6) is 0. The Hall–Kier alpha value is -8.52. The molecule has 0 heterocycles. The number of benzene rings is 11. The van der Waals surface area contributed by atoms with Crippen LogP contribution in [0, 0.1) is 0 Å². The molecule has 0 saturated heterocycles. The van der Waals surface area contributed by atoms with Crippen molar-refractivity contribution in [3.63, 3.8) is 0 Å². The molecule has 15 rings (SSSR count). The van der Waals surface area contributed by atoms with Gasteiger partial charge in [-0.2, -0.15) is 0 Å². The third-order valence-electron chi connectivity index (χ3n) is 15.7. The SMILES string of the molecule is c1ccc(-c2ccc(N(c3ccc4c(c3)C3(c5ccccc5-c5ccccc53)c3ccccc3-4)c3ccc4c(c3)C3(c5ccccc5-4)c4ccccc4-c4cc5ccccc5cc43)cc2)cc1. The van der Waals surface area contributed by atoms with E-state index in [2.05, 4.69) is 254 Å². The second-order valence-electron chi connectivity index (χ2n) is 18.7. The average Bonchev–Trinajstić information content (AvgIpc) is 4.07. The second kappa shape index (κ2) is 13.5. The lowest BCUT2D eigenvalue weighted by atomic mass is 9.70. The summed E-state index contributed by atoms with van der Waals surface area (Å²) in [6.07, 6.45) is 0. The summed E-state index contributed by atoms with van der Waals surface area (Å²) in [4.78, 5) is 2.51. The fourth-order valence-electron chi connectivity index (χ4n) is 13.1. The van der Waals surface area contributed by atoms with Crippen LogP contribution in [-0.4, -0.2) is 0 Å². The summed E-state index contributed by atoms with van der Waals surface area (Å²) < 4.78 is 0. The Morgan fingerprint density at radius 3 is 1.01 bits per heavy atom. The highest BCUT2D eigenvalue weighted by Crippen LogP contribution is 2.65. The Morgan fingerprint density at radius 2 is 0.537 bits per heavy atom. The van der Waals surface area contributed by atoms with Crippen LogP contribution in [0.5, 0.6) is 0 Å². The van der Waals surface area contributed by atoms with Gasteiger partial charge in [0.1, 0.15) is 0 Å². The summed E-state index contributed by atoms with van der Waals surface area (Å²) >= 11 is 0. The molecule has 0 aliphatic heterocycles. The molecule has 67 heavy (non-hydrogen) atoms. The van der Waals surface area contributed by atoms with E-state index in [1.54, 1.807) is 0 Å². The molecule has 1 nitrogen and oxygen atoms in total. The Balaban J connectivity index is 0.999. The van der Waals surface area contributed by atoms with E-state index in [-0.39, 0.29) is 0 Å². The molecule has 11 aromatic carbocycles. The zero-order valence-corrected chi connectivity index (χ0v) is 36.6. The molecule has 0 aromatic heterocycles. The molecule has 2 spiro atoms. The Bertz CT molecular complexity index is 3810. The maximum Gasteiger partial charge on any atom is 0.0726 e. The summed E-state index contributed by atoms with van der Waals surface area (Å²) in [7, 11) is 0. The van der Waals surface area contributed by atoms with Crippen molar-refractivity contribution in [2.24, 2.45) is 0 Å². The first-order valence-electron chi connectivity index (χ1n) is 23.5. The zero-order chi connectivity index (χ0) is 43.8. The monoisotopic (exact) mass is 847 g/mol. The molecule has 4 aliphatic rings. The van der Waals surface area contributed by atoms with Crippen molar-refractivity contribution in [2.45, 2.75) is 10.8 Å². The summed E-state index contributed by atoms with van der Waals surface area (Å²) in [6, 6.07) is 93.8. The van der Waals surface area contributed by atoms with E-state index in [0.717, 1.165) is 17.1 Å². The van der Waals surface area contributed by atoms with E-state index < -0.39 is 10.8 Å². The van der Waals surface area contributed by atoms with Crippen molar-refractivity contribution in [1.82, 2.24) is 0 Å². The van der Waals surface area contributed by atoms with Crippen molar-refractivity contribution in [3.05, 3.63) is 293 Å². The minimum atomic E-state index is -0.498. The van der Waals surface area contributed by atoms with Crippen molar-refractivity contribution in [3.8, 4) is 55.6 Å². The zero-order valence-electron chi connectivity index (χ0n) is 36.6. The molecule has 1 atom stereocenters. The molecule has 4 aliphatic carbocycles. The molecule has 0 saturated carbocycles. The van der Waals surface area contributed by atoms with Gasteiger partial charge in [0, 0.05) is 17.1 Å². The van der Waals surface area contributed by atoms with Crippen LogP contribution in [0.3, 0.4) is 0 Å². The molecule has 310 valence electrons. The maximum absolute atomic E-state index is 2.53. The van der Waals surface area contributed by atoms with E-state index >= 15 is 0 Å². The fraction of sp³-hybridized carbons (Fsp3) is 0.0303. The fourth-order valence-corrected chi connectivity index (χ4v) is 13.1. The predicted molar refractivity (Wildman–Crippen MR) is 277 cm³/mol. The van der Waals surface area contributed by atoms with E-state index in [4.69, 9.17) is 0 Å². The Kier molecular flexibility index (Phi) is 7.42. The third kappa shape index (κ3) is 4.73. The molecule has 0 bridgehead atoms. The van der Waals surface area contributed by atoms with Crippen LogP contribution in [-0.2, 0) is 10.8 Å². The first-order chi connectivity index (χ1) is 33.2. The van der Waals surface area contributed by atoms with Crippen molar-refractivity contribution in [1.29, 1.82) is 0 Å². The number of hydrogen-bond acceptors (Lipinski definition) is 1. The van der Waals surface area contributed by atoms with Crippen molar-refractivity contribution < 1.29 is 0 Å². The first kappa shape index (κ1) is 36.8. The number of fused-ring (bicyclic) bond motifs is 21. The minimum Gasteiger partial charge on any atom is -0.310 e. The quantitative estimate of drug-likeness (QED) is 0.171. The molecule has 1 heteroatoms. The molecule has 1 unspecified atom stereocenters. The van der Waals surface area contributed by atoms with Crippen LogP contribution < -0.4 is 4.90 Å². The topological polar surface area (TPSA) is 3.24 Å². The predicted octanol–water partition coefficient (Wildman–Crippen LogP) is 16.7. The van der Waals surface area contributed by atoms with Crippen LogP contribution >= 0.6 is 0 Å². The molecule has 11 aromatic rings. The molecular weight excluding hydrogens is 807 g/mol. The van der Waals surface area contributed by atoms with E-state index in [1.807, 2.05) is 0 Å². The van der Waals surface area contributed by atoms with Crippen LogP contribution in [0.15, 0.2) is 249 Å². The van der Waals surface area contributed by atoms with Gasteiger partial charge in [0.25, 0.3) is 0 Å². The maximum atomic E-state index is 2.53. The highest BCUT2D eigenvalue weighted by atomic mass is 15.1. The summed E-state index contributed by atoms with van der Waals surface area (Å²) in [5.41, 5.74) is 26.0. The van der Waals surface area contributed by atoms with Gasteiger partial charge in [0.05, 0.1) is 10.8 Å². The van der Waals surface area contributed by atoms with Crippen LogP contribution in [0.4, 0.5) is 17.1 Å². The Morgan fingerprint density at radius 1 is 0.209 bits per heavy atom. The first-order valence-corrected chi connectivity index (χ1v) is 23.5. The standard InChI is InChI=1S/C66H41N/c1-2-16-42(17-3-1)43-30-32-46(33-31-43)67(47-34-36-54-51-22-8-13-27-59(51)65(63(54)40-47)57-25-11-6-20-49(57)50-21-7-12-26-58(50)65)48-35-37-55-52-23-9-14-28-60(52)66(64(55)41-48)61-29-15-10-24-53(61)56-38-44-18-4-5-19-45(44)39-62(56)66/h1-41H. The summed E-state index contributed by atoms with van der Waals surface area (Å²) in [6.45, 7) is 0. The third-order valence-corrected chi connectivity index (χ3v) is 15.7. The number of rotatable bonds is 4. The second-order valence-corrected chi connectivity index (χ2v) is 18.7. The molecule has 0 N–H and O–H groups in total. The van der Waals surface area contributed by atoms with Crippen molar-refractivity contribution in [2.75, 3.05) is 4.90 Å². The largest absolute Gasteiger partial charge is 0.310 e. The van der Waals surface area contributed by atoms with Crippen LogP contribution in [0.25, 0.3) is 66.4 Å². The van der Waals surface area contributed by atoms with E-state index in [1.165, 1.54) is 111 Å². The lowest BCUT2D eigenvalue weighted by Crippen LogP contribution is -2.26. The smallest absolute Gasteiger partial charge is 0.0726 e. The van der Waals surface area contributed by atoms with Gasteiger partial charge in [-0.15, -0.1) is 0 Å². The minimum absolute atomic E-state index is 0.457. The number of nitrogens with zero attached hydrogens (tertiary/aromatic N) is 1. The van der Waals surface area contributed by atoms with E-state index in [0.29, 0.717) is 0 Å². The van der Waals surface area contributed by atoms with Gasteiger partial charge in [-0.05, 0) is 159 Å². The van der Waals surface area contributed by atoms with Gasteiger partial charge in [-0.25, -0.2) is 0 Å². The van der Waals surface area contributed by atoms with Gasteiger partial charge >= 0.3 is 0 Å². The van der Waals surface area contributed by atoms with Crippen LogP contribution in [0.1, 0.15) is 44.5 Å². The molecule has 0 fully saturated rings. The van der Waals surface area contributed by atoms with Gasteiger partial charge in [0.15, 0.2) is 0 Å². The Labute approximate surface area is 390 Å².